The van der Waals surface area contributed by atoms with E-state index in [1.165, 1.54) is 24.3 Å². The van der Waals surface area contributed by atoms with Crippen LogP contribution in [0.3, 0.4) is 0 Å². The molecule has 0 aromatic heterocycles. The molecule has 1 N–H and O–H groups in total. The predicted octanol–water partition coefficient (Wildman–Crippen LogP) is 7.70. The molecule has 1 saturated heterocycles. The Morgan fingerprint density at radius 3 is 2.12 bits per heavy atom. The molecule has 2 aromatic rings. The maximum absolute atomic E-state index is 14.3. The van der Waals surface area contributed by atoms with Crippen LogP contribution in [0.25, 0.3) is 17.2 Å². The quantitative estimate of drug-likeness (QED) is 0.436. The molecule has 1 heterocycles. The van der Waals surface area contributed by atoms with Gasteiger partial charge in [0.2, 0.25) is 0 Å². The Morgan fingerprint density at radius 1 is 0.970 bits per heavy atom. The summed E-state index contributed by atoms with van der Waals surface area (Å²) < 4.78 is 42.8. The average Bonchev–Trinajstić information content (AvgIpc) is 3.02. The molecule has 2 amide bonds. The lowest BCUT2D eigenvalue weighted by Crippen LogP contribution is -2.34. The molecule has 0 saturated carbocycles. The molecule has 0 atom stereocenters. The van der Waals surface area contributed by atoms with Crippen molar-refractivity contribution in [3.05, 3.63) is 62.5 Å². The number of thioether (sulfide) groups is 1. The Balaban J connectivity index is 1.95. The van der Waals surface area contributed by atoms with Crippen LogP contribution in [0.5, 0.6) is 0 Å². The summed E-state index contributed by atoms with van der Waals surface area (Å²) in [5.41, 5.74) is 0.925. The first-order valence-electron chi connectivity index (χ1n) is 10.5. The van der Waals surface area contributed by atoms with E-state index in [0.29, 0.717) is 11.1 Å². The highest BCUT2D eigenvalue weighted by atomic mass is 35.5. The van der Waals surface area contributed by atoms with Crippen molar-refractivity contribution >= 4 is 40.6 Å². The number of amides is 2. The van der Waals surface area contributed by atoms with Crippen LogP contribution in [0.4, 0.5) is 18.0 Å². The van der Waals surface area contributed by atoms with Gasteiger partial charge in [-0.25, -0.2) is 0 Å². The van der Waals surface area contributed by atoms with Crippen LogP contribution in [0.1, 0.15) is 62.8 Å². The molecule has 0 spiro atoms. The highest BCUT2D eigenvalue weighted by Gasteiger charge is 2.42. The van der Waals surface area contributed by atoms with Crippen molar-refractivity contribution < 1.29 is 22.8 Å². The van der Waals surface area contributed by atoms with E-state index in [9.17, 15) is 22.8 Å². The molecule has 33 heavy (non-hydrogen) atoms. The van der Waals surface area contributed by atoms with Gasteiger partial charge >= 0.3 is 6.18 Å². The second-order valence-electron chi connectivity index (χ2n) is 9.80. The number of carbonyl (C=O) groups is 2. The Bertz CT molecular complexity index is 1210. The highest BCUT2D eigenvalue weighted by molar-refractivity contribution is 8.18. The molecule has 174 valence electrons. The number of alkyl halides is 3. The normalized spacial score (nSPS) is 20.7. The minimum atomic E-state index is -4.58. The maximum atomic E-state index is 14.3. The van der Waals surface area contributed by atoms with Crippen molar-refractivity contribution in [1.29, 1.82) is 0 Å². The number of nitrogens with one attached hydrogen (secondary N) is 1. The fourth-order valence-corrected chi connectivity index (χ4v) is 5.38. The van der Waals surface area contributed by atoms with Gasteiger partial charge in [0.25, 0.3) is 11.1 Å². The molecule has 1 aliphatic heterocycles. The van der Waals surface area contributed by atoms with Crippen LogP contribution < -0.4 is 5.32 Å². The number of halogens is 4. The molecule has 2 aromatic carbocycles. The largest absolute Gasteiger partial charge is 0.417 e. The van der Waals surface area contributed by atoms with Crippen LogP contribution >= 0.6 is 23.4 Å². The predicted molar refractivity (Wildman–Crippen MR) is 126 cm³/mol. The van der Waals surface area contributed by atoms with Crippen molar-refractivity contribution in [1.82, 2.24) is 5.32 Å². The van der Waals surface area contributed by atoms with Crippen molar-refractivity contribution in [2.24, 2.45) is 0 Å². The molecule has 4 rings (SSSR count). The van der Waals surface area contributed by atoms with Gasteiger partial charge in [-0.05, 0) is 88.0 Å². The molecule has 0 bridgehead atoms. The molecule has 1 fully saturated rings. The van der Waals surface area contributed by atoms with Gasteiger partial charge in [0, 0.05) is 10.6 Å². The van der Waals surface area contributed by atoms with Crippen molar-refractivity contribution in [3.8, 4) is 11.1 Å². The van der Waals surface area contributed by atoms with Gasteiger partial charge in [-0.2, -0.15) is 13.2 Å². The first kappa shape index (κ1) is 23.9. The smallest absolute Gasteiger partial charge is 0.282 e. The van der Waals surface area contributed by atoms with E-state index >= 15 is 0 Å². The minimum absolute atomic E-state index is 0.0110. The van der Waals surface area contributed by atoms with Crippen LogP contribution in [0.2, 0.25) is 5.02 Å². The zero-order chi connectivity index (χ0) is 24.3. The molecule has 1 aliphatic carbocycles. The molecule has 0 unspecified atom stereocenters. The highest BCUT2D eigenvalue weighted by Crippen LogP contribution is 2.50. The number of imide groups is 1. The van der Waals surface area contributed by atoms with Crippen molar-refractivity contribution in [3.63, 3.8) is 0 Å². The summed E-state index contributed by atoms with van der Waals surface area (Å²) >= 11 is 7.15. The number of benzene rings is 2. The SMILES string of the molecule is CC1(C)CCC(C)(C)c2cc(C(F)(F)F)c(-c3cc(/C=C4\SC(=O)NC4=O)ccc3Cl)cc21. The summed E-state index contributed by atoms with van der Waals surface area (Å²) in [7, 11) is 0. The molecule has 8 heteroatoms. The van der Waals surface area contributed by atoms with Crippen LogP contribution in [-0.2, 0) is 21.8 Å². The Morgan fingerprint density at radius 2 is 1.58 bits per heavy atom. The summed E-state index contributed by atoms with van der Waals surface area (Å²) in [4.78, 5) is 23.5. The van der Waals surface area contributed by atoms with Gasteiger partial charge in [0.1, 0.15) is 0 Å². The van der Waals surface area contributed by atoms with Gasteiger partial charge in [-0.3, -0.25) is 14.9 Å². The fraction of sp³-hybridized carbons (Fsp3) is 0.360. The molecular formula is C25H23ClF3NO2S. The third-order valence-electron chi connectivity index (χ3n) is 6.52. The van der Waals surface area contributed by atoms with E-state index in [4.69, 9.17) is 11.6 Å². The number of hydrogen-bond acceptors (Lipinski definition) is 3. The van der Waals surface area contributed by atoms with Crippen LogP contribution in [0.15, 0.2) is 35.2 Å². The second-order valence-corrected chi connectivity index (χ2v) is 11.2. The molecule has 0 radical (unpaired) electrons. The first-order chi connectivity index (χ1) is 15.2. The first-order valence-corrected chi connectivity index (χ1v) is 11.7. The Hall–Kier alpha value is -2.25. The number of rotatable bonds is 2. The molecule has 2 aliphatic rings. The van der Waals surface area contributed by atoms with E-state index in [1.54, 1.807) is 12.1 Å². The van der Waals surface area contributed by atoms with Crippen molar-refractivity contribution in [2.45, 2.75) is 57.5 Å². The van der Waals surface area contributed by atoms with Gasteiger partial charge in [-0.15, -0.1) is 0 Å². The van der Waals surface area contributed by atoms with Gasteiger partial charge in [0.15, 0.2) is 0 Å². The summed E-state index contributed by atoms with van der Waals surface area (Å²) in [6.07, 6.45) is -1.44. The van der Waals surface area contributed by atoms with E-state index in [-0.39, 0.29) is 31.9 Å². The summed E-state index contributed by atoms with van der Waals surface area (Å²) in [6.45, 7) is 8.06. The van der Waals surface area contributed by atoms with Gasteiger partial charge < -0.3 is 0 Å². The van der Waals surface area contributed by atoms with E-state index < -0.39 is 22.9 Å². The summed E-state index contributed by atoms with van der Waals surface area (Å²) in [6, 6.07) is 7.57. The third kappa shape index (κ3) is 4.45. The van der Waals surface area contributed by atoms with E-state index in [2.05, 4.69) is 5.32 Å². The lowest BCUT2D eigenvalue weighted by atomic mass is 9.62. The fourth-order valence-electron chi connectivity index (χ4n) is 4.48. The summed E-state index contributed by atoms with van der Waals surface area (Å²) in [5, 5.41) is 1.86. The zero-order valence-electron chi connectivity index (χ0n) is 18.6. The van der Waals surface area contributed by atoms with Crippen LogP contribution in [-0.4, -0.2) is 11.1 Å². The average molecular weight is 494 g/mol. The van der Waals surface area contributed by atoms with Gasteiger partial charge in [-0.1, -0.05) is 45.4 Å². The van der Waals surface area contributed by atoms with Crippen molar-refractivity contribution in [2.75, 3.05) is 0 Å². The summed E-state index contributed by atoms with van der Waals surface area (Å²) in [5.74, 6) is -0.532. The Kier molecular flexibility index (Phi) is 5.73. The van der Waals surface area contributed by atoms with Gasteiger partial charge in [0.05, 0.1) is 10.5 Å². The molecule has 3 nitrogen and oxygen atoms in total. The molecular weight excluding hydrogens is 471 g/mol. The number of hydrogen-bond donors (Lipinski definition) is 1. The Labute approximate surface area is 199 Å². The number of fused-ring (bicyclic) bond motifs is 1. The monoisotopic (exact) mass is 493 g/mol. The zero-order valence-corrected chi connectivity index (χ0v) is 20.2. The third-order valence-corrected chi connectivity index (χ3v) is 7.66. The standard InChI is InChI=1S/C25H23ClF3NO2S/c1-23(2)7-8-24(3,4)18-12-16(25(27,28)29)14(11-17(18)23)15-9-13(5-6-19(15)26)10-20-21(31)30-22(32)33-20/h5-6,9-12H,7-8H2,1-4H3,(H,30,31,32)/b20-10-. The van der Waals surface area contributed by atoms with E-state index in [1.807, 2.05) is 27.7 Å². The maximum Gasteiger partial charge on any atom is 0.417 e. The van der Waals surface area contributed by atoms with Crippen LogP contribution in [0, 0.1) is 0 Å². The second kappa shape index (κ2) is 7.91. The minimum Gasteiger partial charge on any atom is -0.282 e. The lowest BCUT2D eigenvalue weighted by Gasteiger charge is -2.42. The van der Waals surface area contributed by atoms with E-state index in [0.717, 1.165) is 30.2 Å². The number of carbonyl (C=O) groups excluding carboxylic acids is 2. The topological polar surface area (TPSA) is 46.2 Å². The lowest BCUT2D eigenvalue weighted by molar-refractivity contribution is -0.137.